The molecule has 2 N–H and O–H groups in total. The Morgan fingerprint density at radius 2 is 1.78 bits per heavy atom. The molecule has 0 bridgehead atoms. The van der Waals surface area contributed by atoms with E-state index in [4.69, 9.17) is 15.2 Å². The highest BCUT2D eigenvalue weighted by molar-refractivity contribution is 5.87. The highest BCUT2D eigenvalue weighted by atomic mass is 16.5. The first-order valence-electron chi connectivity index (χ1n) is 13.0. The van der Waals surface area contributed by atoms with Gasteiger partial charge in [-0.15, -0.1) is 0 Å². The van der Waals surface area contributed by atoms with E-state index in [9.17, 15) is 9.59 Å². The lowest BCUT2D eigenvalue weighted by atomic mass is 10.1. The smallest absolute Gasteiger partial charge is 0.328 e. The molecule has 0 unspecified atom stereocenters. The van der Waals surface area contributed by atoms with E-state index in [1.54, 1.807) is 22.0 Å². The number of hydrogen-bond acceptors (Lipinski definition) is 6. The lowest BCUT2D eigenvalue weighted by molar-refractivity contribution is -0.152. The number of aromatic nitrogens is 2. The molecule has 2 aromatic carbocycles. The fourth-order valence-electron chi connectivity index (χ4n) is 4.91. The normalized spacial score (nSPS) is 17.9. The minimum absolute atomic E-state index is 0.144. The van der Waals surface area contributed by atoms with Crippen molar-refractivity contribution in [2.45, 2.75) is 63.6 Å². The summed E-state index contributed by atoms with van der Waals surface area (Å²) in [5, 5.41) is 0. The Morgan fingerprint density at radius 3 is 2.43 bits per heavy atom. The van der Waals surface area contributed by atoms with Crippen molar-refractivity contribution >= 4 is 17.7 Å². The van der Waals surface area contributed by atoms with E-state index in [0.717, 1.165) is 36.8 Å². The van der Waals surface area contributed by atoms with Crippen LogP contribution in [0.5, 0.6) is 5.75 Å². The minimum atomic E-state index is -0.704. The standard InChI is InChI=1S/C29H36N4O4/c1-3-4-5-9-12-25(32-19-27(30)31-20-32)28(34)33-18-24(17-26(33)29(35)36-2)37-23-15-13-22(14-16-23)21-10-7-6-8-11-21/h6-8,10-11,13-16,19-20,24-26H,3-5,9,12,17-18,30H2,1-2H3/t24-,25+,26-/m0/s1. The summed E-state index contributed by atoms with van der Waals surface area (Å²) in [6.07, 6.45) is 8.10. The predicted octanol–water partition coefficient (Wildman–Crippen LogP) is 4.87. The van der Waals surface area contributed by atoms with Crippen LogP contribution in [-0.4, -0.2) is 52.1 Å². The Bertz CT molecular complexity index is 1160. The maximum absolute atomic E-state index is 13.8. The summed E-state index contributed by atoms with van der Waals surface area (Å²) in [6, 6.07) is 16.8. The first-order valence-corrected chi connectivity index (χ1v) is 13.0. The lowest BCUT2D eigenvalue weighted by Crippen LogP contribution is -2.44. The number of nitrogen functional groups attached to an aromatic ring is 1. The quantitative estimate of drug-likeness (QED) is 0.296. The van der Waals surface area contributed by atoms with Crippen LogP contribution in [0.2, 0.25) is 0 Å². The summed E-state index contributed by atoms with van der Waals surface area (Å²) in [7, 11) is 1.35. The molecule has 4 rings (SSSR count). The Labute approximate surface area is 218 Å². The number of nitrogens with zero attached hydrogens (tertiary/aromatic N) is 3. The van der Waals surface area contributed by atoms with Gasteiger partial charge in [0.2, 0.25) is 5.91 Å². The van der Waals surface area contributed by atoms with Crippen LogP contribution in [-0.2, 0) is 14.3 Å². The number of methoxy groups -OCH3 is 1. The van der Waals surface area contributed by atoms with Crippen LogP contribution in [0.1, 0.15) is 51.5 Å². The molecule has 196 valence electrons. The van der Waals surface area contributed by atoms with Gasteiger partial charge in [0.05, 0.1) is 20.0 Å². The summed E-state index contributed by atoms with van der Waals surface area (Å²) in [5.41, 5.74) is 8.07. The number of unbranched alkanes of at least 4 members (excludes halogenated alkanes) is 3. The van der Waals surface area contributed by atoms with Crippen molar-refractivity contribution in [2.24, 2.45) is 0 Å². The molecule has 1 aliphatic rings. The van der Waals surface area contributed by atoms with E-state index in [1.165, 1.54) is 7.11 Å². The van der Waals surface area contributed by atoms with Crippen molar-refractivity contribution in [3.8, 4) is 16.9 Å². The molecule has 1 aliphatic heterocycles. The Morgan fingerprint density at radius 1 is 1.05 bits per heavy atom. The average molecular weight is 505 g/mol. The van der Waals surface area contributed by atoms with Crippen LogP contribution in [0.4, 0.5) is 5.82 Å². The van der Waals surface area contributed by atoms with Gasteiger partial charge in [-0.2, -0.15) is 0 Å². The van der Waals surface area contributed by atoms with Gasteiger partial charge in [0.25, 0.3) is 0 Å². The second-order valence-corrected chi connectivity index (χ2v) is 9.51. The molecular weight excluding hydrogens is 468 g/mol. The number of rotatable bonds is 11. The van der Waals surface area contributed by atoms with Crippen LogP contribution in [0, 0.1) is 0 Å². The predicted molar refractivity (Wildman–Crippen MR) is 143 cm³/mol. The van der Waals surface area contributed by atoms with Gasteiger partial charge in [-0.3, -0.25) is 4.79 Å². The molecule has 3 aromatic rings. The summed E-state index contributed by atoms with van der Waals surface area (Å²) in [5.74, 6) is 0.474. The number of carbonyl (C=O) groups is 2. The average Bonchev–Trinajstić information content (AvgIpc) is 3.55. The second kappa shape index (κ2) is 12.4. The molecule has 0 spiro atoms. The molecule has 1 amide bonds. The van der Waals surface area contributed by atoms with Crippen LogP contribution in [0.3, 0.4) is 0 Å². The van der Waals surface area contributed by atoms with Gasteiger partial charge in [-0.25, -0.2) is 9.78 Å². The summed E-state index contributed by atoms with van der Waals surface area (Å²) in [6.45, 7) is 2.45. The molecule has 0 aliphatic carbocycles. The first-order chi connectivity index (χ1) is 18.0. The highest BCUT2D eigenvalue weighted by Gasteiger charge is 2.43. The molecular formula is C29H36N4O4. The molecule has 0 saturated carbocycles. The van der Waals surface area contributed by atoms with E-state index in [-0.39, 0.29) is 12.0 Å². The van der Waals surface area contributed by atoms with Crippen LogP contribution in [0.25, 0.3) is 11.1 Å². The van der Waals surface area contributed by atoms with Crippen LogP contribution >= 0.6 is 0 Å². The molecule has 1 aromatic heterocycles. The molecule has 8 nitrogen and oxygen atoms in total. The summed E-state index contributed by atoms with van der Waals surface area (Å²) >= 11 is 0. The SMILES string of the molecule is CCCCCC[C@H](C(=O)N1C[C@@H](Oc2ccc(-c3ccccc3)cc2)C[C@H]1C(=O)OC)n1cnc(N)c1. The van der Waals surface area contributed by atoms with Gasteiger partial charge < -0.3 is 24.7 Å². The number of hydrogen-bond donors (Lipinski definition) is 1. The molecule has 8 heteroatoms. The zero-order chi connectivity index (χ0) is 26.2. The zero-order valence-electron chi connectivity index (χ0n) is 21.6. The molecule has 2 heterocycles. The monoisotopic (exact) mass is 504 g/mol. The maximum atomic E-state index is 13.8. The number of carbonyl (C=O) groups excluding carboxylic acids is 2. The Hall–Kier alpha value is -3.81. The van der Waals surface area contributed by atoms with Crippen molar-refractivity contribution in [1.29, 1.82) is 0 Å². The van der Waals surface area contributed by atoms with Gasteiger partial charge in [0, 0.05) is 12.6 Å². The molecule has 1 saturated heterocycles. The van der Waals surface area contributed by atoms with Gasteiger partial charge in [0.1, 0.15) is 29.8 Å². The van der Waals surface area contributed by atoms with E-state index in [0.29, 0.717) is 31.0 Å². The number of imidazole rings is 1. The Kier molecular flexibility index (Phi) is 8.82. The summed E-state index contributed by atoms with van der Waals surface area (Å²) < 4.78 is 13.0. The van der Waals surface area contributed by atoms with E-state index in [1.807, 2.05) is 42.5 Å². The third-order valence-electron chi connectivity index (χ3n) is 6.88. The third-order valence-corrected chi connectivity index (χ3v) is 6.88. The van der Waals surface area contributed by atoms with Crippen LogP contribution in [0.15, 0.2) is 67.1 Å². The van der Waals surface area contributed by atoms with E-state index < -0.39 is 18.1 Å². The molecule has 0 radical (unpaired) electrons. The fourth-order valence-corrected chi connectivity index (χ4v) is 4.91. The molecule has 1 fully saturated rings. The largest absolute Gasteiger partial charge is 0.488 e. The number of likely N-dealkylation sites (tertiary alicyclic amines) is 1. The fraction of sp³-hybridized carbons (Fsp3) is 0.414. The van der Waals surface area contributed by atoms with Gasteiger partial charge in [0.15, 0.2) is 0 Å². The van der Waals surface area contributed by atoms with Crippen molar-refractivity contribution in [2.75, 3.05) is 19.4 Å². The number of ether oxygens (including phenoxy) is 2. The van der Waals surface area contributed by atoms with Gasteiger partial charge >= 0.3 is 5.97 Å². The number of esters is 1. The minimum Gasteiger partial charge on any atom is -0.488 e. The van der Waals surface area contributed by atoms with Crippen molar-refractivity contribution < 1.29 is 19.1 Å². The van der Waals surface area contributed by atoms with Crippen molar-refractivity contribution in [3.05, 3.63) is 67.1 Å². The number of anilines is 1. The number of amides is 1. The zero-order valence-corrected chi connectivity index (χ0v) is 21.6. The lowest BCUT2D eigenvalue weighted by Gasteiger charge is -2.28. The molecule has 37 heavy (non-hydrogen) atoms. The third kappa shape index (κ3) is 6.50. The highest BCUT2D eigenvalue weighted by Crippen LogP contribution is 2.30. The maximum Gasteiger partial charge on any atom is 0.328 e. The summed E-state index contributed by atoms with van der Waals surface area (Å²) in [4.78, 5) is 32.2. The Balaban J connectivity index is 1.49. The van der Waals surface area contributed by atoms with Crippen molar-refractivity contribution in [1.82, 2.24) is 14.5 Å². The first kappa shape index (κ1) is 26.3. The van der Waals surface area contributed by atoms with Gasteiger partial charge in [-0.1, -0.05) is 75.1 Å². The van der Waals surface area contributed by atoms with Gasteiger partial charge in [-0.05, 0) is 29.7 Å². The molecule has 3 atom stereocenters. The van der Waals surface area contributed by atoms with E-state index in [2.05, 4.69) is 24.0 Å². The number of benzene rings is 2. The second-order valence-electron chi connectivity index (χ2n) is 9.51. The topological polar surface area (TPSA) is 99.7 Å². The van der Waals surface area contributed by atoms with Crippen LogP contribution < -0.4 is 10.5 Å². The number of nitrogens with two attached hydrogens (primary N) is 1. The van der Waals surface area contributed by atoms with E-state index >= 15 is 0 Å². The van der Waals surface area contributed by atoms with Crippen molar-refractivity contribution in [3.63, 3.8) is 0 Å².